The second kappa shape index (κ2) is 4.77. The molecule has 0 aliphatic carbocycles. The third-order valence-electron chi connectivity index (χ3n) is 3.93. The lowest BCUT2D eigenvalue weighted by atomic mass is 9.98. The molecule has 1 aromatic heterocycles. The second-order valence-electron chi connectivity index (χ2n) is 5.48. The molecule has 0 aromatic carbocycles. The first-order valence-corrected chi connectivity index (χ1v) is 6.56. The number of amides is 1. The number of hydrogen-bond acceptors (Lipinski definition) is 4. The van der Waals surface area contributed by atoms with Crippen LogP contribution in [-0.4, -0.2) is 34.1 Å². The molecule has 2 heterocycles. The first-order chi connectivity index (χ1) is 9.27. The number of pyridine rings is 1. The summed E-state index contributed by atoms with van der Waals surface area (Å²) in [6.45, 7) is 5.81. The van der Waals surface area contributed by atoms with E-state index in [1.165, 1.54) is 0 Å². The summed E-state index contributed by atoms with van der Waals surface area (Å²) in [4.78, 5) is 29.3. The molecule has 6 heteroatoms. The minimum absolute atomic E-state index is 0.310. The van der Waals surface area contributed by atoms with E-state index in [0.717, 1.165) is 17.7 Å². The number of nitrogens with zero attached hydrogens (tertiary/aromatic N) is 2. The number of primary amides is 1. The standard InChI is InChI=1S/C14H19N3O3/c1-8-7-9(2)16-12(10(8)11(15)18)17-6-4-5-14(17,3)13(19)20/h7H,4-6H2,1-3H3,(H2,15,18)(H,19,20). The molecule has 2 rings (SSSR count). The maximum Gasteiger partial charge on any atom is 0.329 e. The fraction of sp³-hybridized carbons (Fsp3) is 0.500. The normalized spacial score (nSPS) is 22.1. The van der Waals surface area contributed by atoms with Gasteiger partial charge in [0.25, 0.3) is 5.91 Å². The van der Waals surface area contributed by atoms with E-state index in [1.54, 1.807) is 24.8 Å². The van der Waals surface area contributed by atoms with Crippen molar-refractivity contribution in [2.24, 2.45) is 5.73 Å². The van der Waals surface area contributed by atoms with Crippen LogP contribution in [0.5, 0.6) is 0 Å². The summed E-state index contributed by atoms with van der Waals surface area (Å²) in [6, 6.07) is 1.78. The number of carbonyl (C=O) groups excluding carboxylic acids is 1. The van der Waals surface area contributed by atoms with Crippen molar-refractivity contribution in [2.75, 3.05) is 11.4 Å². The van der Waals surface area contributed by atoms with Gasteiger partial charge in [-0.25, -0.2) is 9.78 Å². The SMILES string of the molecule is Cc1cc(C)c(C(N)=O)c(N2CCCC2(C)C(=O)O)n1. The van der Waals surface area contributed by atoms with Gasteiger partial charge in [-0.2, -0.15) is 0 Å². The number of aryl methyl sites for hydroxylation is 2. The highest BCUT2D eigenvalue weighted by molar-refractivity contribution is 6.00. The van der Waals surface area contributed by atoms with Crippen molar-refractivity contribution in [3.8, 4) is 0 Å². The highest BCUT2D eigenvalue weighted by atomic mass is 16.4. The Bertz CT molecular complexity index is 585. The highest BCUT2D eigenvalue weighted by Gasteiger charge is 2.45. The molecule has 6 nitrogen and oxygen atoms in total. The van der Waals surface area contributed by atoms with Gasteiger partial charge in [0, 0.05) is 12.2 Å². The molecule has 0 bridgehead atoms. The number of hydrogen-bond donors (Lipinski definition) is 2. The third-order valence-corrected chi connectivity index (χ3v) is 3.93. The molecule has 1 fully saturated rings. The molecule has 0 radical (unpaired) electrons. The molecule has 1 saturated heterocycles. The van der Waals surface area contributed by atoms with Crippen LogP contribution in [0.2, 0.25) is 0 Å². The molecule has 1 amide bonds. The maximum atomic E-state index is 11.7. The van der Waals surface area contributed by atoms with Crippen LogP contribution >= 0.6 is 0 Å². The molecule has 1 aromatic rings. The predicted molar refractivity (Wildman–Crippen MR) is 74.8 cm³/mol. The Morgan fingerprint density at radius 2 is 2.10 bits per heavy atom. The van der Waals surface area contributed by atoms with Crippen LogP contribution in [0.1, 0.15) is 41.4 Å². The van der Waals surface area contributed by atoms with Crippen LogP contribution in [0.3, 0.4) is 0 Å². The van der Waals surface area contributed by atoms with Crippen molar-refractivity contribution in [2.45, 2.75) is 39.2 Å². The number of nitrogens with two attached hydrogens (primary N) is 1. The molecule has 0 spiro atoms. The minimum atomic E-state index is -1.04. The molecule has 1 unspecified atom stereocenters. The van der Waals surface area contributed by atoms with Crippen LogP contribution in [0, 0.1) is 13.8 Å². The smallest absolute Gasteiger partial charge is 0.329 e. The fourth-order valence-electron chi connectivity index (χ4n) is 2.84. The topological polar surface area (TPSA) is 96.5 Å². The molecule has 108 valence electrons. The second-order valence-corrected chi connectivity index (χ2v) is 5.48. The number of carboxylic acid groups (broad SMARTS) is 1. The van der Waals surface area contributed by atoms with E-state index in [2.05, 4.69) is 4.98 Å². The van der Waals surface area contributed by atoms with Crippen LogP contribution in [-0.2, 0) is 4.79 Å². The number of rotatable bonds is 3. The van der Waals surface area contributed by atoms with Crippen LogP contribution in [0.15, 0.2) is 6.07 Å². The summed E-state index contributed by atoms with van der Waals surface area (Å²) in [5, 5.41) is 9.49. The van der Waals surface area contributed by atoms with Gasteiger partial charge >= 0.3 is 5.97 Å². The minimum Gasteiger partial charge on any atom is -0.480 e. The van der Waals surface area contributed by atoms with Crippen molar-refractivity contribution < 1.29 is 14.7 Å². The molecule has 1 atom stereocenters. The number of anilines is 1. The summed E-state index contributed by atoms with van der Waals surface area (Å²) < 4.78 is 0. The Labute approximate surface area is 117 Å². The quantitative estimate of drug-likeness (QED) is 0.866. The monoisotopic (exact) mass is 277 g/mol. The van der Waals surface area contributed by atoms with Crippen LogP contribution in [0.25, 0.3) is 0 Å². The van der Waals surface area contributed by atoms with Crippen molar-refractivity contribution in [3.05, 3.63) is 22.9 Å². The van der Waals surface area contributed by atoms with Gasteiger partial charge in [-0.3, -0.25) is 4.79 Å². The van der Waals surface area contributed by atoms with Gasteiger partial charge < -0.3 is 15.7 Å². The molecule has 20 heavy (non-hydrogen) atoms. The highest BCUT2D eigenvalue weighted by Crippen LogP contribution is 2.36. The van der Waals surface area contributed by atoms with E-state index in [-0.39, 0.29) is 0 Å². The molecule has 1 aliphatic rings. The summed E-state index contributed by atoms with van der Waals surface area (Å²) in [5.74, 6) is -1.10. The number of carbonyl (C=O) groups is 2. The Morgan fingerprint density at radius 1 is 1.45 bits per heavy atom. The van der Waals surface area contributed by atoms with Crippen molar-refractivity contribution in [3.63, 3.8) is 0 Å². The summed E-state index contributed by atoms with van der Waals surface area (Å²) in [6.07, 6.45) is 1.27. The summed E-state index contributed by atoms with van der Waals surface area (Å²) >= 11 is 0. The number of aromatic nitrogens is 1. The lowest BCUT2D eigenvalue weighted by Gasteiger charge is -2.33. The third kappa shape index (κ3) is 2.11. The summed E-state index contributed by atoms with van der Waals surface area (Å²) in [5.41, 5.74) is 6.17. The average Bonchev–Trinajstić information content (AvgIpc) is 2.70. The van der Waals surface area contributed by atoms with Gasteiger partial charge in [-0.15, -0.1) is 0 Å². The molecule has 1 aliphatic heterocycles. The Morgan fingerprint density at radius 3 is 2.65 bits per heavy atom. The van der Waals surface area contributed by atoms with Gasteiger partial charge in [0.15, 0.2) is 0 Å². The van der Waals surface area contributed by atoms with E-state index in [4.69, 9.17) is 5.73 Å². The first-order valence-electron chi connectivity index (χ1n) is 6.56. The van der Waals surface area contributed by atoms with E-state index < -0.39 is 17.4 Å². The zero-order valence-corrected chi connectivity index (χ0v) is 11.9. The maximum absolute atomic E-state index is 11.7. The van der Waals surface area contributed by atoms with E-state index in [0.29, 0.717) is 24.3 Å². The van der Waals surface area contributed by atoms with Crippen LogP contribution < -0.4 is 10.6 Å². The molecule has 3 N–H and O–H groups in total. The van der Waals surface area contributed by atoms with Crippen molar-refractivity contribution >= 4 is 17.7 Å². The van der Waals surface area contributed by atoms with Gasteiger partial charge in [-0.05, 0) is 45.2 Å². The first kappa shape index (κ1) is 14.3. The summed E-state index contributed by atoms with van der Waals surface area (Å²) in [7, 11) is 0. The molecular formula is C14H19N3O3. The van der Waals surface area contributed by atoms with Gasteiger partial charge in [-0.1, -0.05) is 0 Å². The number of carboxylic acids is 1. The van der Waals surface area contributed by atoms with Crippen molar-refractivity contribution in [1.82, 2.24) is 4.98 Å². The van der Waals surface area contributed by atoms with E-state index in [9.17, 15) is 14.7 Å². The van der Waals surface area contributed by atoms with Gasteiger partial charge in [0.05, 0.1) is 5.56 Å². The van der Waals surface area contributed by atoms with E-state index in [1.807, 2.05) is 6.92 Å². The Hall–Kier alpha value is -2.11. The van der Waals surface area contributed by atoms with Crippen LogP contribution in [0.4, 0.5) is 5.82 Å². The Balaban J connectivity index is 2.63. The van der Waals surface area contributed by atoms with Crippen molar-refractivity contribution in [1.29, 1.82) is 0 Å². The predicted octanol–water partition coefficient (Wildman–Crippen LogP) is 1.24. The molecule has 0 saturated carbocycles. The zero-order valence-electron chi connectivity index (χ0n) is 11.9. The van der Waals surface area contributed by atoms with Gasteiger partial charge in [0.2, 0.25) is 0 Å². The average molecular weight is 277 g/mol. The Kier molecular flexibility index (Phi) is 3.41. The van der Waals surface area contributed by atoms with Gasteiger partial charge in [0.1, 0.15) is 11.4 Å². The fourth-order valence-corrected chi connectivity index (χ4v) is 2.84. The van der Waals surface area contributed by atoms with E-state index >= 15 is 0 Å². The lowest BCUT2D eigenvalue weighted by Crippen LogP contribution is -2.49. The zero-order chi connectivity index (χ0) is 15.1. The molecular weight excluding hydrogens is 258 g/mol. The largest absolute Gasteiger partial charge is 0.480 e. The lowest BCUT2D eigenvalue weighted by molar-refractivity contribution is -0.142. The number of aliphatic carboxylic acids is 1.